The second-order valence-corrected chi connectivity index (χ2v) is 7.15. The number of hydrogen-bond donors (Lipinski definition) is 2. The number of carbonyl (C=O) groups excluding carboxylic acids is 1. The van der Waals surface area contributed by atoms with Crippen LogP contribution in [-0.2, 0) is 4.79 Å². The molecule has 2 N–H and O–H groups in total. The molecule has 1 fully saturated rings. The van der Waals surface area contributed by atoms with Crippen LogP contribution in [0.2, 0.25) is 0 Å². The fourth-order valence-corrected chi connectivity index (χ4v) is 3.05. The minimum Gasteiger partial charge on any atom is -0.480 e. The minimum atomic E-state index is -0.908. The highest BCUT2D eigenvalue weighted by Gasteiger charge is 2.44. The summed E-state index contributed by atoms with van der Waals surface area (Å²) in [5, 5.41) is 12.3. The number of nitrogens with zero attached hydrogens (tertiary/aromatic N) is 1. The molecule has 0 aromatic carbocycles. The number of urea groups is 1. The van der Waals surface area contributed by atoms with E-state index >= 15 is 0 Å². The van der Waals surface area contributed by atoms with Crippen molar-refractivity contribution in [2.45, 2.75) is 65.8 Å². The Morgan fingerprint density at radius 1 is 1.33 bits per heavy atom. The van der Waals surface area contributed by atoms with Gasteiger partial charge in [-0.05, 0) is 30.6 Å². The SMILES string of the molecule is CC(C)CCCCNC(=O)N1CCCC(C)(C)C1C(=O)O. The molecule has 0 aliphatic carbocycles. The van der Waals surface area contributed by atoms with Gasteiger partial charge in [-0.15, -0.1) is 0 Å². The van der Waals surface area contributed by atoms with Crippen molar-refractivity contribution in [3.8, 4) is 0 Å². The number of amides is 2. The summed E-state index contributed by atoms with van der Waals surface area (Å²) in [5.74, 6) is -0.227. The van der Waals surface area contributed by atoms with Gasteiger partial charge in [0.05, 0.1) is 0 Å². The lowest BCUT2D eigenvalue weighted by atomic mass is 9.76. The van der Waals surface area contributed by atoms with Gasteiger partial charge in [-0.2, -0.15) is 0 Å². The average molecular weight is 298 g/mol. The van der Waals surface area contributed by atoms with Gasteiger partial charge in [0.15, 0.2) is 0 Å². The zero-order valence-electron chi connectivity index (χ0n) is 13.8. The van der Waals surface area contributed by atoms with Crippen molar-refractivity contribution >= 4 is 12.0 Å². The van der Waals surface area contributed by atoms with E-state index in [4.69, 9.17) is 0 Å². The van der Waals surface area contributed by atoms with Crippen molar-refractivity contribution in [1.29, 1.82) is 0 Å². The van der Waals surface area contributed by atoms with Crippen molar-refractivity contribution in [3.05, 3.63) is 0 Å². The van der Waals surface area contributed by atoms with Crippen LogP contribution >= 0.6 is 0 Å². The molecule has 1 unspecified atom stereocenters. The Morgan fingerprint density at radius 3 is 2.57 bits per heavy atom. The van der Waals surface area contributed by atoms with Crippen LogP contribution in [0.3, 0.4) is 0 Å². The van der Waals surface area contributed by atoms with Gasteiger partial charge in [0.2, 0.25) is 0 Å². The van der Waals surface area contributed by atoms with Gasteiger partial charge in [0.25, 0.3) is 0 Å². The number of carboxylic acid groups (broad SMARTS) is 1. The van der Waals surface area contributed by atoms with E-state index in [0.29, 0.717) is 19.0 Å². The van der Waals surface area contributed by atoms with Crippen LogP contribution in [0.25, 0.3) is 0 Å². The van der Waals surface area contributed by atoms with Gasteiger partial charge in [-0.1, -0.05) is 40.5 Å². The largest absolute Gasteiger partial charge is 0.480 e. The summed E-state index contributed by atoms with van der Waals surface area (Å²) in [6.07, 6.45) is 4.88. The fraction of sp³-hybridized carbons (Fsp3) is 0.875. The molecule has 0 aromatic rings. The molecule has 2 amide bonds. The van der Waals surface area contributed by atoms with E-state index in [-0.39, 0.29) is 11.4 Å². The zero-order valence-corrected chi connectivity index (χ0v) is 13.8. The van der Waals surface area contributed by atoms with E-state index in [0.717, 1.165) is 32.1 Å². The molecule has 0 radical (unpaired) electrons. The van der Waals surface area contributed by atoms with Crippen LogP contribution in [0, 0.1) is 11.3 Å². The average Bonchev–Trinajstić information content (AvgIpc) is 2.35. The van der Waals surface area contributed by atoms with E-state index in [2.05, 4.69) is 19.2 Å². The summed E-state index contributed by atoms with van der Waals surface area (Å²) in [6.45, 7) is 9.37. The molecule has 122 valence electrons. The Balaban J connectivity index is 2.49. The topological polar surface area (TPSA) is 69.6 Å². The van der Waals surface area contributed by atoms with E-state index < -0.39 is 12.0 Å². The molecule has 0 spiro atoms. The molecule has 1 rings (SSSR count). The molecule has 1 heterocycles. The number of hydrogen-bond acceptors (Lipinski definition) is 2. The van der Waals surface area contributed by atoms with Crippen molar-refractivity contribution in [2.75, 3.05) is 13.1 Å². The van der Waals surface area contributed by atoms with Gasteiger partial charge in [0, 0.05) is 13.1 Å². The molecule has 1 aliphatic heterocycles. The summed E-state index contributed by atoms with van der Waals surface area (Å²) in [7, 11) is 0. The summed E-state index contributed by atoms with van der Waals surface area (Å²) < 4.78 is 0. The smallest absolute Gasteiger partial charge is 0.327 e. The number of unbranched alkanes of at least 4 members (excludes halogenated alkanes) is 1. The highest BCUT2D eigenvalue weighted by molar-refractivity contribution is 5.83. The van der Waals surface area contributed by atoms with E-state index in [9.17, 15) is 14.7 Å². The standard InChI is InChI=1S/C16H30N2O3/c1-12(2)8-5-6-10-17-15(21)18-11-7-9-16(3,4)13(18)14(19)20/h12-13H,5-11H2,1-4H3,(H,17,21)(H,19,20). The van der Waals surface area contributed by atoms with E-state index in [1.807, 2.05) is 13.8 Å². The quantitative estimate of drug-likeness (QED) is 0.740. The Morgan fingerprint density at radius 2 is 2.00 bits per heavy atom. The third kappa shape index (κ3) is 5.21. The van der Waals surface area contributed by atoms with Gasteiger partial charge >= 0.3 is 12.0 Å². The number of nitrogens with one attached hydrogen (secondary N) is 1. The maximum Gasteiger partial charge on any atom is 0.327 e. The maximum atomic E-state index is 12.2. The number of aliphatic carboxylic acids is 1. The van der Waals surface area contributed by atoms with Crippen LogP contribution in [-0.4, -0.2) is 41.1 Å². The van der Waals surface area contributed by atoms with Gasteiger partial charge in [0.1, 0.15) is 6.04 Å². The number of carbonyl (C=O) groups is 2. The molecule has 0 aromatic heterocycles. The van der Waals surface area contributed by atoms with Gasteiger partial charge < -0.3 is 15.3 Å². The Hall–Kier alpha value is -1.26. The highest BCUT2D eigenvalue weighted by atomic mass is 16.4. The predicted molar refractivity (Wildman–Crippen MR) is 83.2 cm³/mol. The third-order valence-electron chi connectivity index (χ3n) is 4.25. The van der Waals surface area contributed by atoms with Crippen molar-refractivity contribution in [3.63, 3.8) is 0 Å². The highest BCUT2D eigenvalue weighted by Crippen LogP contribution is 2.35. The van der Waals surface area contributed by atoms with Gasteiger partial charge in [-0.25, -0.2) is 9.59 Å². The number of rotatable bonds is 6. The maximum absolute atomic E-state index is 12.2. The number of carboxylic acids is 1. The van der Waals surface area contributed by atoms with Crippen molar-refractivity contribution < 1.29 is 14.7 Å². The second-order valence-electron chi connectivity index (χ2n) is 7.15. The normalized spacial score (nSPS) is 21.4. The monoisotopic (exact) mass is 298 g/mol. The summed E-state index contributed by atoms with van der Waals surface area (Å²) in [6, 6.07) is -0.971. The molecular formula is C16H30N2O3. The number of likely N-dealkylation sites (tertiary alicyclic amines) is 1. The van der Waals surface area contributed by atoms with E-state index in [1.165, 1.54) is 4.90 Å². The first-order valence-electron chi connectivity index (χ1n) is 8.03. The molecule has 1 aliphatic rings. The Bertz CT molecular complexity index is 367. The minimum absolute atomic E-state index is 0.236. The lowest BCUT2D eigenvalue weighted by molar-refractivity contribution is -0.148. The lowest BCUT2D eigenvalue weighted by Gasteiger charge is -2.43. The molecular weight excluding hydrogens is 268 g/mol. The molecule has 0 saturated carbocycles. The summed E-state index contributed by atoms with van der Waals surface area (Å²) in [4.78, 5) is 25.3. The van der Waals surface area contributed by atoms with Crippen LogP contribution in [0.4, 0.5) is 4.79 Å². The van der Waals surface area contributed by atoms with Crippen LogP contribution in [0.5, 0.6) is 0 Å². The third-order valence-corrected chi connectivity index (χ3v) is 4.25. The summed E-state index contributed by atoms with van der Waals surface area (Å²) >= 11 is 0. The molecule has 21 heavy (non-hydrogen) atoms. The van der Waals surface area contributed by atoms with Crippen LogP contribution in [0.1, 0.15) is 59.8 Å². The molecule has 0 bridgehead atoms. The molecule has 5 nitrogen and oxygen atoms in total. The zero-order chi connectivity index (χ0) is 16.0. The second kappa shape index (κ2) is 7.66. The van der Waals surface area contributed by atoms with E-state index in [1.54, 1.807) is 0 Å². The lowest BCUT2D eigenvalue weighted by Crippen LogP contribution is -2.58. The van der Waals surface area contributed by atoms with Gasteiger partial charge in [-0.3, -0.25) is 0 Å². The van der Waals surface area contributed by atoms with Crippen molar-refractivity contribution in [2.24, 2.45) is 11.3 Å². The molecule has 1 saturated heterocycles. The summed E-state index contributed by atoms with van der Waals surface area (Å²) in [5.41, 5.74) is -0.376. The van der Waals surface area contributed by atoms with Crippen LogP contribution < -0.4 is 5.32 Å². The number of piperidine rings is 1. The first-order chi connectivity index (χ1) is 9.75. The first-order valence-corrected chi connectivity index (χ1v) is 8.03. The fourth-order valence-electron chi connectivity index (χ4n) is 3.05. The Labute approximate surface area is 128 Å². The Kier molecular flexibility index (Phi) is 6.49. The predicted octanol–water partition coefficient (Wildman–Crippen LogP) is 3.10. The van der Waals surface area contributed by atoms with Crippen molar-refractivity contribution in [1.82, 2.24) is 10.2 Å². The first kappa shape index (κ1) is 17.8. The van der Waals surface area contributed by atoms with Crippen LogP contribution in [0.15, 0.2) is 0 Å². The molecule has 5 heteroatoms. The molecule has 1 atom stereocenters.